The van der Waals surface area contributed by atoms with Crippen molar-refractivity contribution in [3.8, 4) is 5.75 Å². The van der Waals surface area contributed by atoms with Crippen LogP contribution < -0.4 is 4.74 Å². The van der Waals surface area contributed by atoms with Crippen molar-refractivity contribution in [2.45, 2.75) is 19.4 Å². The van der Waals surface area contributed by atoms with Crippen LogP contribution in [0.25, 0.3) is 0 Å². The molecule has 10 nitrogen and oxygen atoms in total. The van der Waals surface area contributed by atoms with Gasteiger partial charge in [0.15, 0.2) is 5.60 Å². The number of pyridine rings is 1. The summed E-state index contributed by atoms with van der Waals surface area (Å²) in [4.78, 5) is 33.4. The molecular formula is C9H9N3O7. The minimum atomic E-state index is -1.73. The number of aliphatic carboxylic acids is 1. The van der Waals surface area contributed by atoms with E-state index < -0.39 is 38.8 Å². The summed E-state index contributed by atoms with van der Waals surface area (Å²) < 4.78 is 4.96. The maximum absolute atomic E-state index is 10.9. The molecule has 0 unspecified atom stereocenters. The maximum Gasteiger partial charge on any atom is 0.410 e. The lowest BCUT2D eigenvalue weighted by Crippen LogP contribution is -2.38. The average molecular weight is 271 g/mol. The fraction of sp³-hybridized carbons (Fsp3) is 0.333. The van der Waals surface area contributed by atoms with Gasteiger partial charge in [0.25, 0.3) is 0 Å². The third-order valence-corrected chi connectivity index (χ3v) is 2.06. The number of rotatable bonds is 5. The third-order valence-electron chi connectivity index (χ3n) is 2.06. The summed E-state index contributed by atoms with van der Waals surface area (Å²) in [6.45, 7) is 2.36. The van der Waals surface area contributed by atoms with Crippen molar-refractivity contribution in [2.75, 3.05) is 0 Å². The monoisotopic (exact) mass is 271 g/mol. The number of nitro groups is 2. The van der Waals surface area contributed by atoms with Gasteiger partial charge >= 0.3 is 17.6 Å². The fourth-order valence-corrected chi connectivity index (χ4v) is 1.06. The number of aromatic nitrogens is 1. The van der Waals surface area contributed by atoms with E-state index in [0.717, 1.165) is 12.1 Å². The second kappa shape index (κ2) is 4.84. The van der Waals surface area contributed by atoms with Crippen molar-refractivity contribution in [1.82, 2.24) is 4.98 Å². The standard InChI is InChI=1S/C9H9N3O7/c1-9(2,8(13)14)19-5-3-4-6(11(15)16)10-7(5)12(17)18/h3-4H,1-2H3,(H,13,14). The Morgan fingerprint density at radius 2 is 1.89 bits per heavy atom. The van der Waals surface area contributed by atoms with Crippen molar-refractivity contribution < 1.29 is 24.5 Å². The summed E-state index contributed by atoms with van der Waals surface area (Å²) in [6, 6.07) is 1.83. The minimum absolute atomic E-state index is 0.456. The number of hydrogen-bond donors (Lipinski definition) is 1. The summed E-state index contributed by atoms with van der Waals surface area (Å²) in [7, 11) is 0. The molecule has 10 heteroatoms. The number of carboxylic acid groups (broad SMARTS) is 1. The Morgan fingerprint density at radius 1 is 1.32 bits per heavy atom. The lowest BCUT2D eigenvalue weighted by atomic mass is 10.1. The molecule has 0 aliphatic carbocycles. The van der Waals surface area contributed by atoms with Crippen LogP contribution in [0.5, 0.6) is 5.75 Å². The van der Waals surface area contributed by atoms with E-state index >= 15 is 0 Å². The topological polar surface area (TPSA) is 146 Å². The van der Waals surface area contributed by atoms with Gasteiger partial charge in [0.05, 0.1) is 0 Å². The van der Waals surface area contributed by atoms with Gasteiger partial charge in [-0.1, -0.05) is 0 Å². The molecule has 0 spiro atoms. The van der Waals surface area contributed by atoms with Crippen LogP contribution in [0.4, 0.5) is 11.6 Å². The van der Waals surface area contributed by atoms with Crippen LogP contribution in [0.3, 0.4) is 0 Å². The SMILES string of the molecule is CC(C)(Oc1ccc([N+](=O)[O-])nc1[N+](=O)[O-])C(=O)O. The first-order valence-electron chi connectivity index (χ1n) is 4.87. The molecule has 19 heavy (non-hydrogen) atoms. The lowest BCUT2D eigenvalue weighted by Gasteiger charge is -2.20. The van der Waals surface area contributed by atoms with Gasteiger partial charge in [-0.2, -0.15) is 0 Å². The molecule has 0 saturated carbocycles. The largest absolute Gasteiger partial charge is 0.478 e. The first kappa shape index (κ1) is 14.3. The number of hydrogen-bond acceptors (Lipinski definition) is 7. The molecule has 0 atom stereocenters. The second-order valence-electron chi connectivity index (χ2n) is 3.92. The minimum Gasteiger partial charge on any atom is -0.478 e. The van der Waals surface area contributed by atoms with E-state index in [1.165, 1.54) is 13.8 Å². The molecule has 1 N–H and O–H groups in total. The molecule has 1 heterocycles. The Labute approximate surface area is 105 Å². The average Bonchev–Trinajstić information content (AvgIpc) is 2.28. The number of carboxylic acids is 1. The van der Waals surface area contributed by atoms with Gasteiger partial charge in [-0.05, 0) is 29.8 Å². The molecule has 0 bridgehead atoms. The maximum atomic E-state index is 10.9. The van der Waals surface area contributed by atoms with Crippen molar-refractivity contribution in [3.63, 3.8) is 0 Å². The number of nitrogens with zero attached hydrogens (tertiary/aromatic N) is 3. The lowest BCUT2D eigenvalue weighted by molar-refractivity contribution is -0.403. The summed E-state index contributed by atoms with van der Waals surface area (Å²) in [5.41, 5.74) is -1.73. The van der Waals surface area contributed by atoms with Gasteiger partial charge < -0.3 is 30.1 Å². The Hall–Kier alpha value is -2.78. The zero-order valence-electron chi connectivity index (χ0n) is 9.89. The molecule has 0 fully saturated rings. The van der Waals surface area contributed by atoms with Gasteiger partial charge in [-0.25, -0.2) is 4.79 Å². The van der Waals surface area contributed by atoms with Crippen molar-refractivity contribution in [1.29, 1.82) is 0 Å². The van der Waals surface area contributed by atoms with E-state index in [1.807, 2.05) is 0 Å². The molecule has 0 aliphatic heterocycles. The normalized spacial score (nSPS) is 10.8. The van der Waals surface area contributed by atoms with E-state index in [2.05, 4.69) is 4.98 Å². The summed E-state index contributed by atoms with van der Waals surface area (Å²) in [5.74, 6) is -3.45. The highest BCUT2D eigenvalue weighted by molar-refractivity contribution is 5.77. The van der Waals surface area contributed by atoms with E-state index in [0.29, 0.717) is 0 Å². The van der Waals surface area contributed by atoms with Gasteiger partial charge in [0, 0.05) is 11.1 Å². The van der Waals surface area contributed by atoms with Gasteiger partial charge in [-0.15, -0.1) is 0 Å². The third kappa shape index (κ3) is 3.12. The van der Waals surface area contributed by atoms with E-state index in [4.69, 9.17) is 9.84 Å². The van der Waals surface area contributed by atoms with Gasteiger partial charge in [0.1, 0.15) is 0 Å². The highest BCUT2D eigenvalue weighted by Crippen LogP contribution is 2.30. The Morgan fingerprint density at radius 3 is 2.32 bits per heavy atom. The van der Waals surface area contributed by atoms with Crippen LogP contribution in [-0.4, -0.2) is 31.5 Å². The molecule has 0 amide bonds. The predicted molar refractivity (Wildman–Crippen MR) is 59.9 cm³/mol. The molecule has 1 aromatic heterocycles. The Balaban J connectivity index is 3.25. The van der Waals surface area contributed by atoms with Crippen molar-refractivity contribution in [3.05, 3.63) is 32.4 Å². The summed E-state index contributed by atoms with van der Waals surface area (Å²) in [5, 5.41) is 30.1. The smallest absolute Gasteiger partial charge is 0.410 e. The van der Waals surface area contributed by atoms with E-state index in [9.17, 15) is 25.0 Å². The van der Waals surface area contributed by atoms with Gasteiger partial charge in [-0.3, -0.25) is 0 Å². The molecule has 0 radical (unpaired) electrons. The molecule has 0 aromatic carbocycles. The van der Waals surface area contributed by atoms with E-state index in [-0.39, 0.29) is 0 Å². The molecule has 1 aromatic rings. The van der Waals surface area contributed by atoms with E-state index in [1.54, 1.807) is 0 Å². The van der Waals surface area contributed by atoms with Crippen LogP contribution in [0, 0.1) is 20.2 Å². The number of carbonyl (C=O) groups is 1. The molecule has 0 aliphatic rings. The predicted octanol–water partition coefficient (Wildman–Crippen LogP) is 1.14. The molecule has 1 rings (SSSR count). The van der Waals surface area contributed by atoms with Crippen LogP contribution in [0.1, 0.15) is 13.8 Å². The second-order valence-corrected chi connectivity index (χ2v) is 3.92. The first-order chi connectivity index (χ1) is 8.65. The Kier molecular flexibility index (Phi) is 3.64. The molecule has 0 saturated heterocycles. The van der Waals surface area contributed by atoms with Gasteiger partial charge in [0.2, 0.25) is 5.75 Å². The van der Waals surface area contributed by atoms with Crippen LogP contribution in [0.2, 0.25) is 0 Å². The van der Waals surface area contributed by atoms with Crippen molar-refractivity contribution >= 4 is 17.6 Å². The quantitative estimate of drug-likeness (QED) is 0.619. The zero-order chi connectivity index (χ0) is 14.8. The summed E-state index contributed by atoms with van der Waals surface area (Å²) in [6.07, 6.45) is 0. The first-order valence-corrected chi connectivity index (χ1v) is 4.87. The Bertz CT molecular complexity index is 555. The highest BCUT2D eigenvalue weighted by atomic mass is 16.6. The van der Waals surface area contributed by atoms with Crippen LogP contribution >= 0.6 is 0 Å². The van der Waals surface area contributed by atoms with Crippen LogP contribution in [-0.2, 0) is 4.79 Å². The van der Waals surface area contributed by atoms with Crippen molar-refractivity contribution in [2.24, 2.45) is 0 Å². The fourth-order valence-electron chi connectivity index (χ4n) is 1.06. The molecule has 102 valence electrons. The number of ether oxygens (including phenoxy) is 1. The molecular weight excluding hydrogens is 262 g/mol. The summed E-state index contributed by atoms with van der Waals surface area (Å²) >= 11 is 0. The zero-order valence-corrected chi connectivity index (χ0v) is 9.89. The van der Waals surface area contributed by atoms with Crippen LogP contribution in [0.15, 0.2) is 12.1 Å². The highest BCUT2D eigenvalue weighted by Gasteiger charge is 2.33.